The van der Waals surface area contributed by atoms with E-state index in [0.717, 1.165) is 11.4 Å². The highest BCUT2D eigenvalue weighted by Crippen LogP contribution is 2.18. The average molecular weight is 280 g/mol. The Hall–Kier alpha value is -2.54. The van der Waals surface area contributed by atoms with E-state index < -0.39 is 0 Å². The van der Waals surface area contributed by atoms with Crippen LogP contribution in [0.1, 0.15) is 22.4 Å². The summed E-state index contributed by atoms with van der Waals surface area (Å²) in [5, 5.41) is 12.3. The van der Waals surface area contributed by atoms with Gasteiger partial charge in [-0.1, -0.05) is 12.1 Å². The monoisotopic (exact) mass is 280 g/mol. The SMILES string of the molecule is Cc1cc(N(C)C)ccc1CNc1ccc(C)c(C#N)n1. The Morgan fingerprint density at radius 2 is 1.90 bits per heavy atom. The zero-order valence-electron chi connectivity index (χ0n) is 12.9. The number of aryl methyl sites for hydroxylation is 2. The zero-order chi connectivity index (χ0) is 15.4. The van der Waals surface area contributed by atoms with Gasteiger partial charge < -0.3 is 10.2 Å². The van der Waals surface area contributed by atoms with Gasteiger partial charge in [0.05, 0.1) is 0 Å². The van der Waals surface area contributed by atoms with Gasteiger partial charge in [0.15, 0.2) is 0 Å². The van der Waals surface area contributed by atoms with Crippen LogP contribution in [0.25, 0.3) is 0 Å². The molecule has 2 aromatic rings. The van der Waals surface area contributed by atoms with Crippen molar-refractivity contribution in [2.75, 3.05) is 24.3 Å². The summed E-state index contributed by atoms with van der Waals surface area (Å²) in [4.78, 5) is 6.39. The van der Waals surface area contributed by atoms with Gasteiger partial charge in [0.2, 0.25) is 0 Å². The first-order valence-electron chi connectivity index (χ1n) is 6.89. The van der Waals surface area contributed by atoms with Crippen LogP contribution in [0.2, 0.25) is 0 Å². The number of pyridine rings is 1. The van der Waals surface area contributed by atoms with Gasteiger partial charge in [-0.2, -0.15) is 5.26 Å². The fourth-order valence-electron chi connectivity index (χ4n) is 2.08. The van der Waals surface area contributed by atoms with Gasteiger partial charge in [-0.05, 0) is 48.7 Å². The lowest BCUT2D eigenvalue weighted by Crippen LogP contribution is -2.10. The molecule has 0 fully saturated rings. The van der Waals surface area contributed by atoms with Gasteiger partial charge in [-0.3, -0.25) is 0 Å². The van der Waals surface area contributed by atoms with Gasteiger partial charge in [0.1, 0.15) is 17.6 Å². The molecule has 4 heteroatoms. The summed E-state index contributed by atoms with van der Waals surface area (Å²) in [5.41, 5.74) is 5.02. The predicted molar refractivity (Wildman–Crippen MR) is 86.5 cm³/mol. The Kier molecular flexibility index (Phi) is 4.44. The molecule has 4 nitrogen and oxygen atoms in total. The normalized spacial score (nSPS) is 10.0. The molecule has 0 atom stereocenters. The van der Waals surface area contributed by atoms with E-state index in [4.69, 9.17) is 5.26 Å². The lowest BCUT2D eigenvalue weighted by atomic mass is 10.1. The molecule has 0 radical (unpaired) electrons. The fraction of sp³-hybridized carbons (Fsp3) is 0.294. The molecule has 108 valence electrons. The molecule has 0 aliphatic rings. The summed E-state index contributed by atoms with van der Waals surface area (Å²) in [6.07, 6.45) is 0. The molecule has 0 aliphatic carbocycles. The molecule has 1 aromatic carbocycles. The number of nitrogens with zero attached hydrogens (tertiary/aromatic N) is 3. The van der Waals surface area contributed by atoms with E-state index in [-0.39, 0.29) is 0 Å². The molecule has 0 amide bonds. The third-order valence-corrected chi connectivity index (χ3v) is 3.51. The molecular weight excluding hydrogens is 260 g/mol. The number of nitrogens with one attached hydrogen (secondary N) is 1. The Morgan fingerprint density at radius 3 is 2.52 bits per heavy atom. The van der Waals surface area contributed by atoms with Crippen molar-refractivity contribution < 1.29 is 0 Å². The van der Waals surface area contributed by atoms with Gasteiger partial charge in [0, 0.05) is 26.3 Å². The summed E-state index contributed by atoms with van der Waals surface area (Å²) in [6.45, 7) is 4.69. The Bertz CT molecular complexity index is 684. The van der Waals surface area contributed by atoms with E-state index >= 15 is 0 Å². The predicted octanol–water partition coefficient (Wildman–Crippen LogP) is 3.25. The van der Waals surface area contributed by atoms with E-state index in [2.05, 4.69) is 46.4 Å². The van der Waals surface area contributed by atoms with Crippen molar-refractivity contribution in [2.45, 2.75) is 20.4 Å². The van der Waals surface area contributed by atoms with Crippen LogP contribution in [-0.2, 0) is 6.54 Å². The van der Waals surface area contributed by atoms with Gasteiger partial charge >= 0.3 is 0 Å². The lowest BCUT2D eigenvalue weighted by Gasteiger charge is -2.15. The van der Waals surface area contributed by atoms with Crippen LogP contribution in [0.15, 0.2) is 30.3 Å². The summed E-state index contributed by atoms with van der Waals surface area (Å²) >= 11 is 0. The Balaban J connectivity index is 2.12. The maximum atomic E-state index is 9.01. The Labute approximate surface area is 126 Å². The van der Waals surface area contributed by atoms with E-state index in [1.54, 1.807) is 0 Å². The highest BCUT2D eigenvalue weighted by Gasteiger charge is 2.04. The second-order valence-electron chi connectivity index (χ2n) is 5.33. The van der Waals surface area contributed by atoms with Crippen LogP contribution in [0, 0.1) is 25.2 Å². The maximum Gasteiger partial charge on any atom is 0.145 e. The summed E-state index contributed by atoms with van der Waals surface area (Å²) in [5.74, 6) is 0.730. The van der Waals surface area contributed by atoms with Gasteiger partial charge in [-0.25, -0.2) is 4.98 Å². The number of benzene rings is 1. The lowest BCUT2D eigenvalue weighted by molar-refractivity contribution is 1.07. The van der Waals surface area contributed by atoms with E-state index in [1.165, 1.54) is 16.8 Å². The smallest absolute Gasteiger partial charge is 0.145 e. The molecular formula is C17H20N4. The van der Waals surface area contributed by atoms with Crippen LogP contribution >= 0.6 is 0 Å². The summed E-state index contributed by atoms with van der Waals surface area (Å²) in [6, 6.07) is 12.3. The maximum absolute atomic E-state index is 9.01. The first-order valence-corrected chi connectivity index (χ1v) is 6.89. The number of nitriles is 1. The van der Waals surface area contributed by atoms with E-state index in [1.807, 2.05) is 33.2 Å². The molecule has 0 spiro atoms. The molecule has 1 N–H and O–H groups in total. The third kappa shape index (κ3) is 3.51. The Morgan fingerprint density at radius 1 is 1.14 bits per heavy atom. The van der Waals surface area contributed by atoms with E-state index in [0.29, 0.717) is 12.2 Å². The molecule has 0 saturated heterocycles. The van der Waals surface area contributed by atoms with Crippen molar-refractivity contribution in [1.82, 2.24) is 4.98 Å². The zero-order valence-corrected chi connectivity index (χ0v) is 12.9. The number of hydrogen-bond donors (Lipinski definition) is 1. The number of aromatic nitrogens is 1. The molecule has 0 unspecified atom stereocenters. The second kappa shape index (κ2) is 6.27. The number of anilines is 2. The van der Waals surface area contributed by atoms with Crippen LogP contribution in [0.3, 0.4) is 0 Å². The highest BCUT2D eigenvalue weighted by atomic mass is 15.1. The third-order valence-electron chi connectivity index (χ3n) is 3.51. The van der Waals surface area contributed by atoms with Gasteiger partial charge in [-0.15, -0.1) is 0 Å². The van der Waals surface area contributed by atoms with Crippen LogP contribution in [0.5, 0.6) is 0 Å². The molecule has 1 heterocycles. The largest absolute Gasteiger partial charge is 0.378 e. The van der Waals surface area contributed by atoms with Crippen LogP contribution in [-0.4, -0.2) is 19.1 Å². The number of rotatable bonds is 4. The first kappa shape index (κ1) is 14.9. The minimum absolute atomic E-state index is 0.472. The minimum atomic E-state index is 0.472. The van der Waals surface area contributed by atoms with Crippen molar-refractivity contribution in [3.63, 3.8) is 0 Å². The topological polar surface area (TPSA) is 52.0 Å². The average Bonchev–Trinajstić information content (AvgIpc) is 2.47. The van der Waals surface area contributed by atoms with Crippen LogP contribution in [0.4, 0.5) is 11.5 Å². The molecule has 2 rings (SSSR count). The number of hydrogen-bond acceptors (Lipinski definition) is 4. The van der Waals surface area contributed by atoms with Crippen molar-refractivity contribution in [1.29, 1.82) is 5.26 Å². The van der Waals surface area contributed by atoms with Gasteiger partial charge in [0.25, 0.3) is 0 Å². The standard InChI is InChI=1S/C17H20N4/c1-12-5-8-17(20-16(12)10-18)19-11-14-6-7-15(21(3)4)9-13(14)2/h5-9H,11H2,1-4H3,(H,19,20). The van der Waals surface area contributed by atoms with Crippen molar-refractivity contribution in [2.24, 2.45) is 0 Å². The minimum Gasteiger partial charge on any atom is -0.378 e. The van der Waals surface area contributed by atoms with Crippen molar-refractivity contribution in [3.8, 4) is 6.07 Å². The van der Waals surface area contributed by atoms with E-state index in [9.17, 15) is 0 Å². The molecule has 1 aromatic heterocycles. The summed E-state index contributed by atoms with van der Waals surface area (Å²) in [7, 11) is 4.07. The quantitative estimate of drug-likeness (QED) is 0.934. The molecule has 0 aliphatic heterocycles. The van der Waals surface area contributed by atoms with Crippen molar-refractivity contribution >= 4 is 11.5 Å². The highest BCUT2D eigenvalue weighted by molar-refractivity contribution is 5.50. The molecule has 0 bridgehead atoms. The first-order chi connectivity index (χ1) is 10.0. The second-order valence-corrected chi connectivity index (χ2v) is 5.33. The molecule has 21 heavy (non-hydrogen) atoms. The fourth-order valence-corrected chi connectivity index (χ4v) is 2.08. The van der Waals surface area contributed by atoms with Crippen molar-refractivity contribution in [3.05, 3.63) is 52.7 Å². The molecule has 0 saturated carbocycles. The summed E-state index contributed by atoms with van der Waals surface area (Å²) < 4.78 is 0. The van der Waals surface area contributed by atoms with Crippen LogP contribution < -0.4 is 10.2 Å².